The summed E-state index contributed by atoms with van der Waals surface area (Å²) in [5.74, 6) is 0.124. The number of carbonyl (C=O) groups is 2. The molecule has 0 spiro atoms. The molecule has 33 heavy (non-hydrogen) atoms. The van der Waals surface area contributed by atoms with E-state index in [9.17, 15) is 9.59 Å². The molecule has 2 aromatic carbocycles. The van der Waals surface area contributed by atoms with Crippen LogP contribution >= 0.6 is 11.3 Å². The molecule has 0 saturated heterocycles. The standard InChI is InChI=1S/C23H18N6O3S/c1-14(29-13-24-12-25-29)21(30)26-15-6-8-16(9-7-15)27-22(31)18-10-11-19(32-18)23-28-17-4-2-3-5-20(17)33-23/h2-14H,1H3,(H,26,30)(H,27,31). The molecule has 1 atom stereocenters. The number of nitrogens with one attached hydrogen (secondary N) is 2. The van der Waals surface area contributed by atoms with Gasteiger partial charge < -0.3 is 15.1 Å². The zero-order valence-corrected chi connectivity index (χ0v) is 18.2. The second kappa shape index (κ2) is 8.67. The molecule has 0 fully saturated rings. The predicted molar refractivity (Wildman–Crippen MR) is 125 cm³/mol. The van der Waals surface area contributed by atoms with E-state index in [0.717, 1.165) is 15.2 Å². The van der Waals surface area contributed by atoms with E-state index in [-0.39, 0.29) is 17.6 Å². The van der Waals surface area contributed by atoms with Crippen LogP contribution in [0.25, 0.3) is 21.0 Å². The Morgan fingerprint density at radius 3 is 2.48 bits per heavy atom. The van der Waals surface area contributed by atoms with Gasteiger partial charge in [0, 0.05) is 11.4 Å². The highest BCUT2D eigenvalue weighted by Crippen LogP contribution is 2.31. The number of aromatic nitrogens is 4. The van der Waals surface area contributed by atoms with Crippen LogP contribution in [0, 0.1) is 0 Å². The molecule has 164 valence electrons. The Labute approximate surface area is 192 Å². The lowest BCUT2D eigenvalue weighted by Crippen LogP contribution is -2.24. The Morgan fingerprint density at radius 1 is 1.00 bits per heavy atom. The first-order valence-corrected chi connectivity index (χ1v) is 10.9. The zero-order chi connectivity index (χ0) is 22.8. The Hall–Kier alpha value is -4.31. The van der Waals surface area contributed by atoms with Gasteiger partial charge in [-0.1, -0.05) is 12.1 Å². The van der Waals surface area contributed by atoms with Gasteiger partial charge in [-0.15, -0.1) is 11.3 Å². The SMILES string of the molecule is CC(C(=O)Nc1ccc(NC(=O)c2ccc(-c3nc4ccccc4s3)o2)cc1)n1cncn1. The third-order valence-electron chi connectivity index (χ3n) is 4.96. The molecule has 0 aliphatic rings. The van der Waals surface area contributed by atoms with E-state index in [1.54, 1.807) is 43.3 Å². The van der Waals surface area contributed by atoms with Crippen LogP contribution in [0.15, 0.2) is 77.7 Å². The minimum absolute atomic E-state index is 0.184. The lowest BCUT2D eigenvalue weighted by Gasteiger charge is -2.12. The second-order valence-corrected chi connectivity index (χ2v) is 8.25. The molecule has 9 nitrogen and oxygen atoms in total. The molecule has 3 heterocycles. The lowest BCUT2D eigenvalue weighted by molar-refractivity contribution is -0.119. The number of thiazole rings is 1. The first-order chi connectivity index (χ1) is 16.1. The first kappa shape index (κ1) is 20.6. The number of hydrogen-bond donors (Lipinski definition) is 2. The van der Waals surface area contributed by atoms with Crippen molar-refractivity contribution in [1.29, 1.82) is 0 Å². The van der Waals surface area contributed by atoms with Gasteiger partial charge in [0.1, 0.15) is 18.7 Å². The third kappa shape index (κ3) is 4.37. The van der Waals surface area contributed by atoms with Crippen molar-refractivity contribution in [3.05, 3.63) is 79.1 Å². The van der Waals surface area contributed by atoms with Crippen molar-refractivity contribution in [2.24, 2.45) is 0 Å². The summed E-state index contributed by atoms with van der Waals surface area (Å²) in [7, 11) is 0. The number of carbonyl (C=O) groups excluding carboxylic acids is 2. The average Bonchev–Trinajstić information content (AvgIpc) is 3.60. The van der Waals surface area contributed by atoms with Gasteiger partial charge in [-0.05, 0) is 55.5 Å². The fourth-order valence-corrected chi connectivity index (χ4v) is 4.09. The third-order valence-corrected chi connectivity index (χ3v) is 6.01. The summed E-state index contributed by atoms with van der Waals surface area (Å²) in [5, 5.41) is 10.3. The van der Waals surface area contributed by atoms with E-state index < -0.39 is 6.04 Å². The van der Waals surface area contributed by atoms with Crippen molar-refractivity contribution in [3.63, 3.8) is 0 Å². The molecule has 1 unspecified atom stereocenters. The van der Waals surface area contributed by atoms with E-state index in [1.165, 1.54) is 28.7 Å². The Bertz CT molecular complexity index is 1390. The molecule has 2 N–H and O–H groups in total. The van der Waals surface area contributed by atoms with Gasteiger partial charge >= 0.3 is 0 Å². The summed E-state index contributed by atoms with van der Waals surface area (Å²) in [6, 6.07) is 17.5. The highest BCUT2D eigenvalue weighted by atomic mass is 32.1. The summed E-state index contributed by atoms with van der Waals surface area (Å²) in [6.07, 6.45) is 2.86. The summed E-state index contributed by atoms with van der Waals surface area (Å²) in [4.78, 5) is 33.4. The van der Waals surface area contributed by atoms with Crippen molar-refractivity contribution in [3.8, 4) is 10.8 Å². The number of anilines is 2. The Balaban J connectivity index is 1.22. The number of fused-ring (bicyclic) bond motifs is 1. The smallest absolute Gasteiger partial charge is 0.291 e. The van der Waals surface area contributed by atoms with Gasteiger partial charge in [0.05, 0.1) is 10.2 Å². The molecule has 0 bridgehead atoms. The topological polar surface area (TPSA) is 115 Å². The van der Waals surface area contributed by atoms with Crippen molar-refractivity contribution in [1.82, 2.24) is 19.7 Å². The van der Waals surface area contributed by atoms with Gasteiger partial charge in [0.15, 0.2) is 16.5 Å². The van der Waals surface area contributed by atoms with E-state index >= 15 is 0 Å². The maximum atomic E-state index is 12.6. The highest BCUT2D eigenvalue weighted by Gasteiger charge is 2.17. The molecule has 0 radical (unpaired) electrons. The van der Waals surface area contributed by atoms with Crippen molar-refractivity contribution in [2.75, 3.05) is 10.6 Å². The Kier molecular flexibility index (Phi) is 5.41. The number of rotatable bonds is 6. The van der Waals surface area contributed by atoms with Crippen LogP contribution < -0.4 is 10.6 Å². The van der Waals surface area contributed by atoms with Gasteiger partial charge in [0.25, 0.3) is 5.91 Å². The van der Waals surface area contributed by atoms with Crippen LogP contribution in [0.2, 0.25) is 0 Å². The van der Waals surface area contributed by atoms with Crippen molar-refractivity contribution < 1.29 is 14.0 Å². The molecular formula is C23H18N6O3S. The van der Waals surface area contributed by atoms with Crippen molar-refractivity contribution in [2.45, 2.75) is 13.0 Å². The van der Waals surface area contributed by atoms with Gasteiger partial charge in [-0.2, -0.15) is 5.10 Å². The molecule has 0 saturated carbocycles. The predicted octanol–water partition coefficient (Wildman–Crippen LogP) is 4.60. The minimum Gasteiger partial charge on any atom is -0.448 e. The number of furan rings is 1. The molecule has 5 rings (SSSR count). The van der Waals surface area contributed by atoms with E-state index in [2.05, 4.69) is 25.7 Å². The van der Waals surface area contributed by atoms with Gasteiger partial charge in [-0.3, -0.25) is 9.59 Å². The van der Waals surface area contributed by atoms with Crippen LogP contribution in [0.3, 0.4) is 0 Å². The van der Waals surface area contributed by atoms with Crippen LogP contribution in [0.5, 0.6) is 0 Å². The normalized spacial score (nSPS) is 11.9. The number of benzene rings is 2. The van der Waals surface area contributed by atoms with Gasteiger partial charge in [-0.25, -0.2) is 14.6 Å². The van der Waals surface area contributed by atoms with E-state index in [1.807, 2.05) is 24.3 Å². The quantitative estimate of drug-likeness (QED) is 0.384. The number of hydrogen-bond acceptors (Lipinski definition) is 7. The summed E-state index contributed by atoms with van der Waals surface area (Å²) >= 11 is 1.51. The van der Waals surface area contributed by atoms with Crippen LogP contribution in [0.4, 0.5) is 11.4 Å². The average molecular weight is 459 g/mol. The first-order valence-electron chi connectivity index (χ1n) is 10.1. The molecule has 5 aromatic rings. The van der Waals surface area contributed by atoms with Crippen LogP contribution in [-0.4, -0.2) is 31.6 Å². The molecule has 2 amide bonds. The summed E-state index contributed by atoms with van der Waals surface area (Å²) in [6.45, 7) is 1.73. The van der Waals surface area contributed by atoms with Crippen LogP contribution in [0.1, 0.15) is 23.5 Å². The monoisotopic (exact) mass is 458 g/mol. The van der Waals surface area contributed by atoms with E-state index in [0.29, 0.717) is 17.1 Å². The number of amides is 2. The van der Waals surface area contributed by atoms with E-state index in [4.69, 9.17) is 4.42 Å². The summed E-state index contributed by atoms with van der Waals surface area (Å²) in [5.41, 5.74) is 2.06. The second-order valence-electron chi connectivity index (χ2n) is 7.22. The number of nitrogens with zero attached hydrogens (tertiary/aromatic N) is 4. The molecular weight excluding hydrogens is 440 g/mol. The number of para-hydroxylation sites is 1. The molecule has 3 aromatic heterocycles. The molecule has 0 aliphatic carbocycles. The highest BCUT2D eigenvalue weighted by molar-refractivity contribution is 7.21. The van der Waals surface area contributed by atoms with Gasteiger partial charge in [0.2, 0.25) is 5.91 Å². The molecule has 0 aliphatic heterocycles. The maximum absolute atomic E-state index is 12.6. The summed E-state index contributed by atoms with van der Waals surface area (Å²) < 4.78 is 8.26. The largest absolute Gasteiger partial charge is 0.448 e. The fourth-order valence-electron chi connectivity index (χ4n) is 3.17. The molecule has 10 heteroatoms. The fraction of sp³-hybridized carbons (Fsp3) is 0.0870. The van der Waals surface area contributed by atoms with Crippen molar-refractivity contribution >= 4 is 44.7 Å². The van der Waals surface area contributed by atoms with Crippen LogP contribution in [-0.2, 0) is 4.79 Å². The minimum atomic E-state index is -0.504. The zero-order valence-electron chi connectivity index (χ0n) is 17.4. The Morgan fingerprint density at radius 2 is 1.76 bits per heavy atom. The maximum Gasteiger partial charge on any atom is 0.291 e. The lowest BCUT2D eigenvalue weighted by atomic mass is 10.2.